The number of carbonyl (C=O) groups excluding carboxylic acids is 1. The van der Waals surface area contributed by atoms with E-state index in [2.05, 4.69) is 20.8 Å². The maximum absolute atomic E-state index is 11.8. The van der Waals surface area contributed by atoms with Crippen LogP contribution in [0, 0.1) is 0 Å². The number of thiazole rings is 1. The van der Waals surface area contributed by atoms with Gasteiger partial charge in [0.05, 0.1) is 15.9 Å². The monoisotopic (exact) mass is 398 g/mol. The molecule has 0 bridgehead atoms. The molecule has 28 heavy (non-hydrogen) atoms. The van der Waals surface area contributed by atoms with E-state index in [-0.39, 0.29) is 6.03 Å². The van der Waals surface area contributed by atoms with E-state index in [1.165, 1.54) is 18.4 Å². The Balaban J connectivity index is 1.93. The van der Waals surface area contributed by atoms with Crippen LogP contribution in [0.15, 0.2) is 47.6 Å². The molecule has 3 rings (SSSR count). The summed E-state index contributed by atoms with van der Waals surface area (Å²) in [6.07, 6.45) is 0. The number of urea groups is 1. The van der Waals surface area contributed by atoms with E-state index in [0.717, 1.165) is 21.3 Å². The van der Waals surface area contributed by atoms with Gasteiger partial charge in [0.2, 0.25) is 0 Å². The van der Waals surface area contributed by atoms with Gasteiger partial charge in [0.1, 0.15) is 19.5 Å². The molecule has 0 saturated heterocycles. The number of aromatic nitrogens is 1. The van der Waals surface area contributed by atoms with Crippen LogP contribution < -0.4 is 15.4 Å². The quantitative estimate of drug-likeness (QED) is 0.457. The Bertz CT molecular complexity index is 986. The van der Waals surface area contributed by atoms with Crippen molar-refractivity contribution in [3.63, 3.8) is 0 Å². The molecule has 0 atom stereocenters. The molecule has 1 aromatic heterocycles. The second-order valence-corrected chi connectivity index (χ2v) is 6.96. The molecule has 0 unspecified atom stereocenters. The number of nitrogens with one attached hydrogen (secondary N) is 2. The minimum Gasteiger partial charge on any atom is -0.489 e. The van der Waals surface area contributed by atoms with Crippen molar-refractivity contribution in [2.24, 2.45) is 5.16 Å². The lowest BCUT2D eigenvalue weighted by Crippen LogP contribution is -2.28. The molecule has 0 radical (unpaired) electrons. The summed E-state index contributed by atoms with van der Waals surface area (Å²) in [5.41, 5.74) is 3.35. The lowest BCUT2D eigenvalue weighted by Gasteiger charge is -2.09. The molecule has 2 aromatic carbocycles. The number of benzene rings is 2. The van der Waals surface area contributed by atoms with E-state index in [9.17, 15) is 4.79 Å². The number of carbonyl (C=O) groups is 1. The van der Waals surface area contributed by atoms with Crippen LogP contribution in [0.4, 0.5) is 9.93 Å². The third-order valence-corrected chi connectivity index (χ3v) is 4.91. The highest BCUT2D eigenvalue weighted by atomic mass is 32.1. The van der Waals surface area contributed by atoms with Gasteiger partial charge >= 0.3 is 6.03 Å². The van der Waals surface area contributed by atoms with E-state index in [1.807, 2.05) is 56.3 Å². The maximum Gasteiger partial charge on any atom is 0.321 e. The first-order valence-electron chi connectivity index (χ1n) is 8.85. The number of hydrogen-bond acceptors (Lipinski definition) is 6. The summed E-state index contributed by atoms with van der Waals surface area (Å²) in [6.45, 7) is 4.70. The molecule has 7 nitrogen and oxygen atoms in total. The molecule has 0 spiro atoms. The fourth-order valence-electron chi connectivity index (χ4n) is 2.64. The Morgan fingerprint density at radius 2 is 2.04 bits per heavy atom. The molecule has 0 fully saturated rings. The zero-order chi connectivity index (χ0) is 19.9. The van der Waals surface area contributed by atoms with Crippen molar-refractivity contribution in [2.45, 2.75) is 20.5 Å². The van der Waals surface area contributed by atoms with Gasteiger partial charge < -0.3 is 14.9 Å². The fourth-order valence-corrected chi connectivity index (χ4v) is 3.65. The Hall–Kier alpha value is -3.13. The predicted molar refractivity (Wildman–Crippen MR) is 112 cm³/mol. The molecule has 2 N–H and O–H groups in total. The SMILES string of the molecule is CCNC(=O)Nc1nc2cc(OCc3ccccc3)cc(/C(C)=N/OC)c2s1. The number of amides is 2. The Morgan fingerprint density at radius 1 is 1.25 bits per heavy atom. The first kappa shape index (κ1) is 19.6. The van der Waals surface area contributed by atoms with Gasteiger partial charge in [0.25, 0.3) is 0 Å². The van der Waals surface area contributed by atoms with Crippen LogP contribution in [-0.4, -0.2) is 30.4 Å². The summed E-state index contributed by atoms with van der Waals surface area (Å²) >= 11 is 1.38. The van der Waals surface area contributed by atoms with Crippen LogP contribution >= 0.6 is 11.3 Å². The van der Waals surface area contributed by atoms with Crippen molar-refractivity contribution in [1.82, 2.24) is 10.3 Å². The topological polar surface area (TPSA) is 84.8 Å². The number of hydrogen-bond donors (Lipinski definition) is 2. The van der Waals surface area contributed by atoms with Gasteiger partial charge in [-0.2, -0.15) is 0 Å². The van der Waals surface area contributed by atoms with Crippen molar-refractivity contribution in [2.75, 3.05) is 19.0 Å². The number of ether oxygens (including phenoxy) is 1. The van der Waals surface area contributed by atoms with Gasteiger partial charge in [0.15, 0.2) is 5.13 Å². The zero-order valence-corrected chi connectivity index (χ0v) is 16.8. The second-order valence-electron chi connectivity index (χ2n) is 5.96. The summed E-state index contributed by atoms with van der Waals surface area (Å²) in [7, 11) is 1.51. The second kappa shape index (κ2) is 9.18. The summed E-state index contributed by atoms with van der Waals surface area (Å²) in [6, 6.07) is 13.4. The summed E-state index contributed by atoms with van der Waals surface area (Å²) in [5.74, 6) is 0.673. The Kier molecular flexibility index (Phi) is 6.44. The van der Waals surface area contributed by atoms with Crippen molar-refractivity contribution in [3.05, 3.63) is 53.6 Å². The van der Waals surface area contributed by atoms with E-state index < -0.39 is 0 Å². The van der Waals surface area contributed by atoms with E-state index in [0.29, 0.717) is 29.7 Å². The number of anilines is 1. The number of rotatable bonds is 7. The maximum atomic E-state index is 11.8. The van der Waals surface area contributed by atoms with Crippen LogP contribution in [0.25, 0.3) is 10.2 Å². The third kappa shape index (κ3) is 4.77. The van der Waals surface area contributed by atoms with Crippen LogP contribution in [0.1, 0.15) is 25.0 Å². The van der Waals surface area contributed by atoms with Crippen molar-refractivity contribution < 1.29 is 14.4 Å². The van der Waals surface area contributed by atoms with Gasteiger partial charge in [-0.1, -0.05) is 46.8 Å². The number of nitrogens with zero attached hydrogens (tertiary/aromatic N) is 2. The molecule has 0 aliphatic heterocycles. The first-order chi connectivity index (χ1) is 13.6. The van der Waals surface area contributed by atoms with Crippen LogP contribution in [0.5, 0.6) is 5.75 Å². The lowest BCUT2D eigenvalue weighted by molar-refractivity contribution is 0.213. The van der Waals surface area contributed by atoms with E-state index in [4.69, 9.17) is 9.57 Å². The lowest BCUT2D eigenvalue weighted by atomic mass is 10.1. The average Bonchev–Trinajstić information content (AvgIpc) is 3.09. The highest BCUT2D eigenvalue weighted by Gasteiger charge is 2.15. The number of oxime groups is 1. The molecule has 146 valence electrons. The van der Waals surface area contributed by atoms with E-state index >= 15 is 0 Å². The molecule has 0 aliphatic rings. The molecular weight excluding hydrogens is 376 g/mol. The molecule has 0 saturated carbocycles. The van der Waals surface area contributed by atoms with Crippen molar-refractivity contribution in [1.29, 1.82) is 0 Å². The normalized spacial score (nSPS) is 11.3. The van der Waals surface area contributed by atoms with Gasteiger partial charge in [-0.25, -0.2) is 9.78 Å². The van der Waals surface area contributed by atoms with Gasteiger partial charge in [-0.15, -0.1) is 0 Å². The average molecular weight is 398 g/mol. The van der Waals surface area contributed by atoms with Gasteiger partial charge in [-0.05, 0) is 25.5 Å². The largest absolute Gasteiger partial charge is 0.489 e. The van der Waals surface area contributed by atoms with Gasteiger partial charge in [0, 0.05) is 18.2 Å². The molecule has 3 aromatic rings. The molecule has 8 heteroatoms. The molecule has 1 heterocycles. The fraction of sp³-hybridized carbons (Fsp3) is 0.250. The highest BCUT2D eigenvalue weighted by Crippen LogP contribution is 2.33. The smallest absolute Gasteiger partial charge is 0.321 e. The van der Waals surface area contributed by atoms with Crippen molar-refractivity contribution in [3.8, 4) is 5.75 Å². The van der Waals surface area contributed by atoms with Crippen LogP contribution in [0.2, 0.25) is 0 Å². The third-order valence-electron chi connectivity index (χ3n) is 3.89. The molecule has 2 amide bonds. The standard InChI is InChI=1S/C20H22N4O3S/c1-4-21-19(25)23-20-22-17-11-15(27-12-14-8-6-5-7-9-14)10-16(18(17)28-20)13(2)24-26-3/h5-11H,4,12H2,1-3H3,(H2,21,22,23,25)/b24-13+. The molecular formula is C20H22N4O3S. The van der Waals surface area contributed by atoms with Crippen LogP contribution in [-0.2, 0) is 11.4 Å². The first-order valence-corrected chi connectivity index (χ1v) is 9.66. The molecule has 0 aliphatic carbocycles. The van der Waals surface area contributed by atoms with Crippen molar-refractivity contribution >= 4 is 38.4 Å². The summed E-state index contributed by atoms with van der Waals surface area (Å²) in [4.78, 5) is 21.3. The Morgan fingerprint density at radius 3 is 2.75 bits per heavy atom. The van der Waals surface area contributed by atoms with E-state index in [1.54, 1.807) is 0 Å². The van der Waals surface area contributed by atoms with Crippen LogP contribution in [0.3, 0.4) is 0 Å². The predicted octanol–water partition coefficient (Wildman–Crippen LogP) is 4.39. The summed E-state index contributed by atoms with van der Waals surface area (Å²) < 4.78 is 6.87. The summed E-state index contributed by atoms with van der Waals surface area (Å²) in [5, 5.41) is 10.00. The number of fused-ring (bicyclic) bond motifs is 1. The minimum absolute atomic E-state index is 0.286. The minimum atomic E-state index is -0.286. The highest BCUT2D eigenvalue weighted by molar-refractivity contribution is 7.22. The Labute approximate surface area is 167 Å². The van der Waals surface area contributed by atoms with Gasteiger partial charge in [-0.3, -0.25) is 5.32 Å². The zero-order valence-electron chi connectivity index (χ0n) is 16.0.